The summed E-state index contributed by atoms with van der Waals surface area (Å²) in [4.78, 5) is 4.59. The maximum absolute atomic E-state index is 5.23. The molecule has 3 heterocycles. The lowest BCUT2D eigenvalue weighted by Gasteiger charge is -2.20. The number of fused-ring (bicyclic) bond motifs is 1. The van der Waals surface area contributed by atoms with Crippen molar-refractivity contribution in [2.45, 2.75) is 18.8 Å². The van der Waals surface area contributed by atoms with Crippen molar-refractivity contribution in [2.24, 2.45) is 0 Å². The Balaban J connectivity index is 1.99. The molecule has 4 heteroatoms. The van der Waals surface area contributed by atoms with Gasteiger partial charge in [0.25, 0.3) is 0 Å². The Morgan fingerprint density at radius 3 is 3.24 bits per heavy atom. The SMILES string of the molecule is COc1ccn2c(C3CCCSC3)ncc2c1. The molecular formula is C13H16N2OS. The summed E-state index contributed by atoms with van der Waals surface area (Å²) >= 11 is 2.04. The van der Waals surface area contributed by atoms with Crippen molar-refractivity contribution in [3.63, 3.8) is 0 Å². The van der Waals surface area contributed by atoms with Crippen LogP contribution in [0.1, 0.15) is 24.6 Å². The van der Waals surface area contributed by atoms with Gasteiger partial charge in [0, 0.05) is 23.9 Å². The first-order valence-corrected chi connectivity index (χ1v) is 7.12. The minimum atomic E-state index is 0.602. The molecule has 3 rings (SSSR count). The highest BCUT2D eigenvalue weighted by atomic mass is 32.2. The lowest BCUT2D eigenvalue weighted by Crippen LogP contribution is -2.12. The van der Waals surface area contributed by atoms with Gasteiger partial charge in [-0.25, -0.2) is 4.98 Å². The van der Waals surface area contributed by atoms with Gasteiger partial charge in [-0.1, -0.05) is 0 Å². The zero-order chi connectivity index (χ0) is 11.7. The lowest BCUT2D eigenvalue weighted by atomic mass is 10.1. The maximum atomic E-state index is 5.23. The van der Waals surface area contributed by atoms with E-state index >= 15 is 0 Å². The number of nitrogens with zero attached hydrogens (tertiary/aromatic N) is 2. The second kappa shape index (κ2) is 4.61. The van der Waals surface area contributed by atoms with E-state index in [2.05, 4.69) is 15.6 Å². The molecule has 2 aromatic heterocycles. The number of hydrogen-bond donors (Lipinski definition) is 0. The molecule has 90 valence electrons. The molecule has 0 bridgehead atoms. The van der Waals surface area contributed by atoms with Crippen LogP contribution >= 0.6 is 11.8 Å². The summed E-state index contributed by atoms with van der Waals surface area (Å²) in [5.74, 6) is 5.19. The molecule has 0 aromatic carbocycles. The van der Waals surface area contributed by atoms with Gasteiger partial charge >= 0.3 is 0 Å². The normalized spacial score (nSPS) is 20.6. The summed E-state index contributed by atoms with van der Waals surface area (Å²) in [7, 11) is 1.70. The number of hydrogen-bond acceptors (Lipinski definition) is 3. The van der Waals surface area contributed by atoms with Crippen molar-refractivity contribution in [2.75, 3.05) is 18.6 Å². The topological polar surface area (TPSA) is 26.5 Å². The van der Waals surface area contributed by atoms with Crippen LogP contribution in [-0.4, -0.2) is 28.0 Å². The van der Waals surface area contributed by atoms with Gasteiger partial charge in [0.1, 0.15) is 11.6 Å². The third kappa shape index (κ3) is 2.02. The molecule has 1 atom stereocenters. The van der Waals surface area contributed by atoms with E-state index in [-0.39, 0.29) is 0 Å². The van der Waals surface area contributed by atoms with Gasteiger partial charge in [-0.2, -0.15) is 11.8 Å². The van der Waals surface area contributed by atoms with Gasteiger partial charge in [0.15, 0.2) is 0 Å². The Hall–Kier alpha value is -1.16. The molecule has 17 heavy (non-hydrogen) atoms. The molecule has 0 spiro atoms. The average Bonchev–Trinajstić information content (AvgIpc) is 2.82. The summed E-state index contributed by atoms with van der Waals surface area (Å²) < 4.78 is 7.43. The standard InChI is InChI=1S/C13H16N2OS/c1-16-12-4-5-15-11(7-12)8-14-13(15)10-3-2-6-17-9-10/h4-5,7-8,10H,2-3,6,9H2,1H3. The summed E-state index contributed by atoms with van der Waals surface area (Å²) in [6.07, 6.45) is 6.57. The number of aromatic nitrogens is 2. The van der Waals surface area contributed by atoms with E-state index in [9.17, 15) is 0 Å². The smallest absolute Gasteiger partial charge is 0.122 e. The number of ether oxygens (including phenoxy) is 1. The molecule has 1 aliphatic heterocycles. The van der Waals surface area contributed by atoms with Crippen LogP contribution in [0.4, 0.5) is 0 Å². The Labute approximate surface area is 105 Å². The summed E-state index contributed by atoms with van der Waals surface area (Å²) in [5.41, 5.74) is 1.12. The monoisotopic (exact) mass is 248 g/mol. The molecule has 1 fully saturated rings. The van der Waals surface area contributed by atoms with Crippen LogP contribution in [0.15, 0.2) is 24.5 Å². The first kappa shape index (κ1) is 11.0. The van der Waals surface area contributed by atoms with Crippen LogP contribution in [0.25, 0.3) is 5.52 Å². The molecule has 0 N–H and O–H groups in total. The van der Waals surface area contributed by atoms with Gasteiger partial charge in [-0.15, -0.1) is 0 Å². The molecule has 0 saturated carbocycles. The quantitative estimate of drug-likeness (QED) is 0.817. The zero-order valence-electron chi connectivity index (χ0n) is 9.93. The fourth-order valence-electron chi connectivity index (χ4n) is 2.37. The van der Waals surface area contributed by atoms with Crippen LogP contribution in [0.2, 0.25) is 0 Å². The van der Waals surface area contributed by atoms with Gasteiger partial charge < -0.3 is 9.14 Å². The van der Waals surface area contributed by atoms with E-state index in [4.69, 9.17) is 4.74 Å². The highest BCUT2D eigenvalue weighted by molar-refractivity contribution is 7.99. The maximum Gasteiger partial charge on any atom is 0.122 e. The molecule has 3 nitrogen and oxygen atoms in total. The Morgan fingerprint density at radius 2 is 2.47 bits per heavy atom. The highest BCUT2D eigenvalue weighted by Crippen LogP contribution is 2.31. The number of imidazole rings is 1. The fourth-order valence-corrected chi connectivity index (χ4v) is 3.51. The number of thioether (sulfide) groups is 1. The van der Waals surface area contributed by atoms with Crippen LogP contribution in [0.3, 0.4) is 0 Å². The lowest BCUT2D eigenvalue weighted by molar-refractivity contribution is 0.414. The van der Waals surface area contributed by atoms with Crippen LogP contribution in [-0.2, 0) is 0 Å². The third-order valence-corrected chi connectivity index (χ3v) is 4.51. The minimum absolute atomic E-state index is 0.602. The fraction of sp³-hybridized carbons (Fsp3) is 0.462. The largest absolute Gasteiger partial charge is 0.497 e. The Morgan fingerprint density at radius 1 is 1.53 bits per heavy atom. The van der Waals surface area contributed by atoms with Crippen molar-refractivity contribution in [1.29, 1.82) is 0 Å². The van der Waals surface area contributed by atoms with E-state index in [0.29, 0.717) is 5.92 Å². The van der Waals surface area contributed by atoms with Gasteiger partial charge in [-0.3, -0.25) is 0 Å². The van der Waals surface area contributed by atoms with E-state index in [1.54, 1.807) is 7.11 Å². The first-order valence-electron chi connectivity index (χ1n) is 5.97. The van der Waals surface area contributed by atoms with E-state index in [1.807, 2.05) is 30.1 Å². The predicted molar refractivity (Wildman–Crippen MR) is 71.0 cm³/mol. The molecule has 1 aliphatic rings. The second-order valence-electron chi connectivity index (χ2n) is 4.39. The van der Waals surface area contributed by atoms with Gasteiger partial charge in [0.2, 0.25) is 0 Å². The molecule has 1 unspecified atom stereocenters. The summed E-state index contributed by atoms with van der Waals surface area (Å²) in [6, 6.07) is 4.03. The third-order valence-electron chi connectivity index (χ3n) is 3.29. The minimum Gasteiger partial charge on any atom is -0.497 e. The molecule has 0 aliphatic carbocycles. The molecule has 2 aromatic rings. The number of pyridine rings is 1. The highest BCUT2D eigenvalue weighted by Gasteiger charge is 2.20. The van der Waals surface area contributed by atoms with Crippen molar-refractivity contribution in [1.82, 2.24) is 9.38 Å². The first-order chi connectivity index (χ1) is 8.38. The van der Waals surface area contributed by atoms with Gasteiger partial charge in [0.05, 0.1) is 18.8 Å². The Bertz CT molecular complexity index is 517. The molecule has 0 amide bonds. The van der Waals surface area contributed by atoms with E-state index < -0.39 is 0 Å². The molecule has 1 saturated heterocycles. The summed E-state index contributed by atoms with van der Waals surface area (Å²) in [6.45, 7) is 0. The second-order valence-corrected chi connectivity index (χ2v) is 5.54. The number of rotatable bonds is 2. The predicted octanol–water partition coefficient (Wildman–Crippen LogP) is 2.95. The Kier molecular flexibility index (Phi) is 2.97. The zero-order valence-corrected chi connectivity index (χ0v) is 10.7. The summed E-state index contributed by atoms with van der Waals surface area (Å²) in [5, 5.41) is 0. The van der Waals surface area contributed by atoms with Crippen molar-refractivity contribution in [3.8, 4) is 5.75 Å². The van der Waals surface area contributed by atoms with Crippen LogP contribution < -0.4 is 4.74 Å². The molecular weight excluding hydrogens is 232 g/mol. The van der Waals surface area contributed by atoms with Crippen molar-refractivity contribution >= 4 is 17.3 Å². The van der Waals surface area contributed by atoms with Crippen LogP contribution in [0.5, 0.6) is 5.75 Å². The molecule has 0 radical (unpaired) electrons. The number of methoxy groups -OCH3 is 1. The van der Waals surface area contributed by atoms with Crippen LogP contribution in [0, 0.1) is 0 Å². The van der Waals surface area contributed by atoms with E-state index in [1.165, 1.54) is 30.2 Å². The average molecular weight is 248 g/mol. The van der Waals surface area contributed by atoms with Gasteiger partial charge in [-0.05, 0) is 24.7 Å². The van der Waals surface area contributed by atoms with E-state index in [0.717, 1.165) is 11.3 Å². The van der Waals surface area contributed by atoms with Crippen molar-refractivity contribution < 1.29 is 4.74 Å². The van der Waals surface area contributed by atoms with Crippen molar-refractivity contribution in [3.05, 3.63) is 30.4 Å².